The van der Waals surface area contributed by atoms with Gasteiger partial charge in [-0.2, -0.15) is 0 Å². The van der Waals surface area contributed by atoms with Crippen LogP contribution in [-0.4, -0.2) is 48.8 Å². The molecule has 1 saturated heterocycles. The molecule has 1 aliphatic heterocycles. The summed E-state index contributed by atoms with van der Waals surface area (Å²) in [5, 5.41) is 3.03. The molecule has 5 nitrogen and oxygen atoms in total. The number of carbonyl (C=O) groups is 2. The lowest BCUT2D eigenvalue weighted by Crippen LogP contribution is -2.37. The van der Waals surface area contributed by atoms with E-state index in [4.69, 9.17) is 0 Å². The van der Waals surface area contributed by atoms with Gasteiger partial charge in [-0.3, -0.25) is 14.5 Å². The Hall–Kier alpha value is -2.66. The van der Waals surface area contributed by atoms with E-state index in [1.807, 2.05) is 79.3 Å². The van der Waals surface area contributed by atoms with E-state index < -0.39 is 0 Å². The number of hydrogen-bond donors (Lipinski definition) is 1. The van der Waals surface area contributed by atoms with Crippen molar-refractivity contribution in [3.05, 3.63) is 70.8 Å². The Morgan fingerprint density at radius 2 is 1.68 bits per heavy atom. The van der Waals surface area contributed by atoms with Crippen molar-refractivity contribution >= 4 is 11.8 Å². The second kappa shape index (κ2) is 9.02. The van der Waals surface area contributed by atoms with Crippen LogP contribution in [0.15, 0.2) is 48.5 Å². The van der Waals surface area contributed by atoms with Gasteiger partial charge in [-0.1, -0.05) is 36.4 Å². The second-order valence-electron chi connectivity index (χ2n) is 7.64. The first-order chi connectivity index (χ1) is 13.5. The lowest BCUT2D eigenvalue weighted by molar-refractivity contribution is -0.126. The normalized spacial score (nSPS) is 14.9. The van der Waals surface area contributed by atoms with Gasteiger partial charge in [-0.25, -0.2) is 0 Å². The van der Waals surface area contributed by atoms with Gasteiger partial charge >= 0.3 is 0 Å². The third-order valence-electron chi connectivity index (χ3n) is 5.31. The van der Waals surface area contributed by atoms with E-state index in [0.717, 1.165) is 42.6 Å². The van der Waals surface area contributed by atoms with Crippen LogP contribution in [0.4, 0.5) is 0 Å². The fourth-order valence-electron chi connectivity index (χ4n) is 3.70. The molecule has 2 amide bonds. The first-order valence-corrected chi connectivity index (χ1v) is 9.85. The Morgan fingerprint density at radius 1 is 1.04 bits per heavy atom. The van der Waals surface area contributed by atoms with Crippen molar-refractivity contribution in [1.82, 2.24) is 15.1 Å². The molecule has 0 aromatic heterocycles. The standard InChI is InChI=1S/C23H29N3O2/c1-17-8-4-5-9-20(17)21(25(2)3)22(27)24-16-18-10-12-19(13-11-18)23(28)26-14-6-7-15-26/h4-5,8-13,21H,6-7,14-16H2,1-3H3,(H,24,27). The molecule has 1 heterocycles. The van der Waals surface area contributed by atoms with E-state index in [2.05, 4.69) is 5.32 Å². The molecule has 0 saturated carbocycles. The summed E-state index contributed by atoms with van der Waals surface area (Å²) in [6.07, 6.45) is 2.17. The Labute approximate surface area is 167 Å². The van der Waals surface area contributed by atoms with E-state index in [0.29, 0.717) is 12.1 Å². The molecule has 2 aromatic rings. The number of rotatable bonds is 6. The van der Waals surface area contributed by atoms with Gasteiger partial charge in [0.05, 0.1) is 0 Å². The fourth-order valence-corrected chi connectivity index (χ4v) is 3.70. The number of nitrogens with zero attached hydrogens (tertiary/aromatic N) is 2. The van der Waals surface area contributed by atoms with Gasteiger partial charge in [0.15, 0.2) is 0 Å². The number of likely N-dealkylation sites (N-methyl/N-ethyl adjacent to an activating group) is 1. The van der Waals surface area contributed by atoms with Crippen molar-refractivity contribution in [2.45, 2.75) is 32.4 Å². The maximum absolute atomic E-state index is 12.8. The first kappa shape index (κ1) is 20.1. The maximum atomic E-state index is 12.8. The van der Waals surface area contributed by atoms with Gasteiger partial charge in [0.1, 0.15) is 6.04 Å². The van der Waals surface area contributed by atoms with Gasteiger partial charge in [0.2, 0.25) is 5.91 Å². The highest BCUT2D eigenvalue weighted by Crippen LogP contribution is 2.22. The minimum atomic E-state index is -0.336. The fraction of sp³-hybridized carbons (Fsp3) is 0.391. The number of hydrogen-bond acceptors (Lipinski definition) is 3. The zero-order valence-electron chi connectivity index (χ0n) is 16.9. The van der Waals surface area contributed by atoms with Crippen LogP contribution in [0.5, 0.6) is 0 Å². The molecular weight excluding hydrogens is 350 g/mol. The van der Waals surface area contributed by atoms with Gasteiger partial charge in [-0.05, 0) is 62.7 Å². The Morgan fingerprint density at radius 3 is 2.29 bits per heavy atom. The van der Waals surface area contributed by atoms with E-state index >= 15 is 0 Å². The number of likely N-dealkylation sites (tertiary alicyclic amines) is 1. The lowest BCUT2D eigenvalue weighted by Gasteiger charge is -2.25. The summed E-state index contributed by atoms with van der Waals surface area (Å²) in [5.41, 5.74) is 3.80. The average molecular weight is 380 g/mol. The zero-order chi connectivity index (χ0) is 20.1. The molecule has 0 spiro atoms. The summed E-state index contributed by atoms with van der Waals surface area (Å²) in [6.45, 7) is 4.16. The first-order valence-electron chi connectivity index (χ1n) is 9.85. The van der Waals surface area contributed by atoms with Crippen molar-refractivity contribution in [3.8, 4) is 0 Å². The van der Waals surface area contributed by atoms with Gasteiger partial charge in [0, 0.05) is 25.2 Å². The summed E-state index contributed by atoms with van der Waals surface area (Å²) in [7, 11) is 3.82. The van der Waals surface area contributed by atoms with E-state index in [1.54, 1.807) is 0 Å². The number of nitrogens with one attached hydrogen (secondary N) is 1. The molecule has 1 N–H and O–H groups in total. The summed E-state index contributed by atoms with van der Waals surface area (Å²) in [4.78, 5) is 29.1. The molecule has 0 radical (unpaired) electrons. The van der Waals surface area contributed by atoms with Crippen LogP contribution in [0, 0.1) is 6.92 Å². The molecule has 1 unspecified atom stereocenters. The van der Waals surface area contributed by atoms with Crippen LogP contribution in [-0.2, 0) is 11.3 Å². The number of carbonyl (C=O) groups excluding carboxylic acids is 2. The monoisotopic (exact) mass is 379 g/mol. The van der Waals surface area contributed by atoms with Crippen LogP contribution in [0.1, 0.15) is 45.9 Å². The van der Waals surface area contributed by atoms with E-state index in [9.17, 15) is 9.59 Å². The quantitative estimate of drug-likeness (QED) is 0.839. The summed E-state index contributed by atoms with van der Waals surface area (Å²) in [6, 6.07) is 15.2. The molecule has 1 atom stereocenters. The van der Waals surface area contributed by atoms with Crippen molar-refractivity contribution < 1.29 is 9.59 Å². The second-order valence-corrected chi connectivity index (χ2v) is 7.64. The van der Waals surface area contributed by atoms with Crippen LogP contribution in [0.3, 0.4) is 0 Å². The Bertz CT molecular complexity index is 824. The third kappa shape index (κ3) is 4.60. The van der Waals surface area contributed by atoms with Crippen LogP contribution in [0.2, 0.25) is 0 Å². The highest BCUT2D eigenvalue weighted by atomic mass is 16.2. The average Bonchev–Trinajstić information content (AvgIpc) is 3.22. The molecule has 28 heavy (non-hydrogen) atoms. The molecule has 3 rings (SSSR count). The number of aryl methyl sites for hydroxylation is 1. The minimum Gasteiger partial charge on any atom is -0.350 e. The number of benzene rings is 2. The van der Waals surface area contributed by atoms with Crippen molar-refractivity contribution in [1.29, 1.82) is 0 Å². The highest BCUT2D eigenvalue weighted by Gasteiger charge is 2.24. The molecule has 0 aliphatic carbocycles. The van der Waals surface area contributed by atoms with Crippen LogP contribution < -0.4 is 5.32 Å². The van der Waals surface area contributed by atoms with E-state index in [1.165, 1.54) is 0 Å². The topological polar surface area (TPSA) is 52.7 Å². The van der Waals surface area contributed by atoms with Gasteiger partial charge in [0.25, 0.3) is 5.91 Å². The van der Waals surface area contributed by atoms with Crippen molar-refractivity contribution in [2.24, 2.45) is 0 Å². The molecule has 1 fully saturated rings. The maximum Gasteiger partial charge on any atom is 0.253 e. The SMILES string of the molecule is Cc1ccccc1C(C(=O)NCc1ccc(C(=O)N2CCCC2)cc1)N(C)C. The predicted molar refractivity (Wildman–Crippen MR) is 111 cm³/mol. The highest BCUT2D eigenvalue weighted by molar-refractivity contribution is 5.94. The molecule has 0 bridgehead atoms. The molecule has 1 aliphatic rings. The lowest BCUT2D eigenvalue weighted by atomic mass is 9.99. The Balaban J connectivity index is 1.63. The van der Waals surface area contributed by atoms with Crippen LogP contribution >= 0.6 is 0 Å². The molecule has 2 aromatic carbocycles. The smallest absolute Gasteiger partial charge is 0.253 e. The van der Waals surface area contributed by atoms with Gasteiger partial charge < -0.3 is 10.2 Å². The van der Waals surface area contributed by atoms with Gasteiger partial charge in [-0.15, -0.1) is 0 Å². The zero-order valence-corrected chi connectivity index (χ0v) is 16.9. The Kier molecular flexibility index (Phi) is 6.47. The minimum absolute atomic E-state index is 0.0310. The third-order valence-corrected chi connectivity index (χ3v) is 5.31. The molecular formula is C23H29N3O2. The van der Waals surface area contributed by atoms with Crippen LogP contribution in [0.25, 0.3) is 0 Å². The van der Waals surface area contributed by atoms with Crippen molar-refractivity contribution in [2.75, 3.05) is 27.2 Å². The molecule has 5 heteroatoms. The molecule has 148 valence electrons. The number of amides is 2. The van der Waals surface area contributed by atoms with E-state index in [-0.39, 0.29) is 17.9 Å². The predicted octanol–water partition coefficient (Wildman–Crippen LogP) is 3.15. The summed E-state index contributed by atoms with van der Waals surface area (Å²) in [5.74, 6) is 0.0665. The largest absolute Gasteiger partial charge is 0.350 e. The summed E-state index contributed by atoms with van der Waals surface area (Å²) < 4.78 is 0. The summed E-state index contributed by atoms with van der Waals surface area (Å²) >= 11 is 0. The van der Waals surface area contributed by atoms with Crippen molar-refractivity contribution in [3.63, 3.8) is 0 Å².